The van der Waals surface area contributed by atoms with Crippen LogP contribution in [0.5, 0.6) is 0 Å². The maximum Gasteiger partial charge on any atom is 0.0672 e. The average Bonchev–Trinajstić information content (AvgIpc) is 2.70. The Morgan fingerprint density at radius 2 is 2.33 bits per heavy atom. The molecule has 0 aliphatic heterocycles. The molecule has 1 saturated carbocycles. The van der Waals surface area contributed by atoms with Crippen molar-refractivity contribution < 1.29 is 4.74 Å². The standard InChI is InChI=1S/C12H20N2O/c1-2-3-8-15-9-7-14-12-6-4-5-11(12)10-13/h2,11-12,14H,1,3-9H2. The molecular formula is C12H20N2O. The van der Waals surface area contributed by atoms with Crippen molar-refractivity contribution in [1.82, 2.24) is 5.32 Å². The minimum atomic E-state index is 0.207. The van der Waals surface area contributed by atoms with E-state index in [-0.39, 0.29) is 5.92 Å². The maximum atomic E-state index is 8.88. The second kappa shape index (κ2) is 7.44. The van der Waals surface area contributed by atoms with Crippen LogP contribution in [0.3, 0.4) is 0 Å². The smallest absolute Gasteiger partial charge is 0.0672 e. The molecule has 3 nitrogen and oxygen atoms in total. The largest absolute Gasteiger partial charge is 0.380 e. The van der Waals surface area contributed by atoms with Crippen LogP contribution in [0.4, 0.5) is 0 Å². The van der Waals surface area contributed by atoms with E-state index in [9.17, 15) is 0 Å². The third-order valence-electron chi connectivity index (χ3n) is 2.80. The lowest BCUT2D eigenvalue weighted by molar-refractivity contribution is 0.137. The predicted molar refractivity (Wildman–Crippen MR) is 60.4 cm³/mol. The van der Waals surface area contributed by atoms with Crippen molar-refractivity contribution in [1.29, 1.82) is 5.26 Å². The lowest BCUT2D eigenvalue weighted by Crippen LogP contribution is -2.34. The summed E-state index contributed by atoms with van der Waals surface area (Å²) in [5, 5.41) is 12.3. The summed E-state index contributed by atoms with van der Waals surface area (Å²) >= 11 is 0. The lowest BCUT2D eigenvalue weighted by atomic mass is 10.1. The van der Waals surface area contributed by atoms with Gasteiger partial charge in [-0.05, 0) is 19.3 Å². The minimum absolute atomic E-state index is 0.207. The molecule has 0 saturated heterocycles. The lowest BCUT2D eigenvalue weighted by Gasteiger charge is -2.15. The first-order chi connectivity index (χ1) is 7.38. The summed E-state index contributed by atoms with van der Waals surface area (Å²) in [6.45, 7) is 5.95. The van der Waals surface area contributed by atoms with Crippen LogP contribution < -0.4 is 5.32 Å². The van der Waals surface area contributed by atoms with Crippen molar-refractivity contribution >= 4 is 0 Å². The average molecular weight is 208 g/mol. The molecule has 3 heteroatoms. The molecule has 0 amide bonds. The number of nitriles is 1. The maximum absolute atomic E-state index is 8.88. The van der Waals surface area contributed by atoms with Gasteiger partial charge in [0.2, 0.25) is 0 Å². The van der Waals surface area contributed by atoms with E-state index >= 15 is 0 Å². The topological polar surface area (TPSA) is 45.0 Å². The molecule has 1 rings (SSSR count). The Morgan fingerprint density at radius 3 is 3.07 bits per heavy atom. The molecule has 1 N–H and O–H groups in total. The Balaban J connectivity index is 2.00. The highest BCUT2D eigenvalue weighted by atomic mass is 16.5. The van der Waals surface area contributed by atoms with Crippen LogP contribution in [0, 0.1) is 17.2 Å². The second-order valence-corrected chi connectivity index (χ2v) is 3.92. The van der Waals surface area contributed by atoms with E-state index < -0.39 is 0 Å². The monoisotopic (exact) mass is 208 g/mol. The zero-order valence-electron chi connectivity index (χ0n) is 9.24. The van der Waals surface area contributed by atoms with Gasteiger partial charge in [-0.3, -0.25) is 0 Å². The molecule has 2 unspecified atom stereocenters. The van der Waals surface area contributed by atoms with E-state index in [4.69, 9.17) is 10.00 Å². The van der Waals surface area contributed by atoms with Crippen LogP contribution in [0.1, 0.15) is 25.7 Å². The number of hydrogen-bond donors (Lipinski definition) is 1. The molecule has 1 aliphatic rings. The van der Waals surface area contributed by atoms with E-state index in [1.165, 1.54) is 6.42 Å². The van der Waals surface area contributed by atoms with Gasteiger partial charge < -0.3 is 10.1 Å². The minimum Gasteiger partial charge on any atom is -0.380 e. The van der Waals surface area contributed by atoms with Crippen molar-refractivity contribution in [3.05, 3.63) is 12.7 Å². The van der Waals surface area contributed by atoms with Crippen LogP contribution in [0.25, 0.3) is 0 Å². The molecule has 0 aromatic rings. The third kappa shape index (κ3) is 4.46. The van der Waals surface area contributed by atoms with Crippen LogP contribution in [0.15, 0.2) is 12.7 Å². The van der Waals surface area contributed by atoms with Gasteiger partial charge in [-0.15, -0.1) is 6.58 Å². The summed E-state index contributed by atoms with van der Waals surface area (Å²) in [7, 11) is 0. The third-order valence-corrected chi connectivity index (χ3v) is 2.80. The van der Waals surface area contributed by atoms with Gasteiger partial charge in [0.1, 0.15) is 0 Å². The highest BCUT2D eigenvalue weighted by Gasteiger charge is 2.25. The quantitative estimate of drug-likeness (QED) is 0.513. The van der Waals surface area contributed by atoms with Crippen molar-refractivity contribution in [3.63, 3.8) is 0 Å². The first-order valence-electron chi connectivity index (χ1n) is 5.70. The molecule has 2 atom stereocenters. The molecule has 0 heterocycles. The second-order valence-electron chi connectivity index (χ2n) is 3.92. The Kier molecular flexibility index (Phi) is 6.06. The molecule has 0 radical (unpaired) electrons. The number of rotatable bonds is 7. The van der Waals surface area contributed by atoms with Crippen LogP contribution in [-0.4, -0.2) is 25.8 Å². The molecule has 15 heavy (non-hydrogen) atoms. The zero-order valence-corrected chi connectivity index (χ0v) is 9.24. The van der Waals surface area contributed by atoms with E-state index in [1.807, 2.05) is 6.08 Å². The summed E-state index contributed by atoms with van der Waals surface area (Å²) in [4.78, 5) is 0. The van der Waals surface area contributed by atoms with Gasteiger partial charge in [-0.25, -0.2) is 0 Å². The van der Waals surface area contributed by atoms with Crippen molar-refractivity contribution in [3.8, 4) is 6.07 Å². The van der Waals surface area contributed by atoms with Crippen molar-refractivity contribution in [2.24, 2.45) is 5.92 Å². The van der Waals surface area contributed by atoms with Crippen LogP contribution in [0.2, 0.25) is 0 Å². The molecular weight excluding hydrogens is 188 g/mol. The molecule has 1 aliphatic carbocycles. The fourth-order valence-electron chi connectivity index (χ4n) is 1.94. The molecule has 0 spiro atoms. The van der Waals surface area contributed by atoms with Gasteiger partial charge >= 0.3 is 0 Å². The molecule has 84 valence electrons. The first-order valence-corrected chi connectivity index (χ1v) is 5.70. The van der Waals surface area contributed by atoms with E-state index in [1.54, 1.807) is 0 Å². The summed E-state index contributed by atoms with van der Waals surface area (Å²) in [5.41, 5.74) is 0. The van der Waals surface area contributed by atoms with Gasteiger partial charge in [-0.1, -0.05) is 12.5 Å². The van der Waals surface area contributed by atoms with Gasteiger partial charge in [0.25, 0.3) is 0 Å². The fourth-order valence-corrected chi connectivity index (χ4v) is 1.94. The van der Waals surface area contributed by atoms with Gasteiger partial charge in [-0.2, -0.15) is 5.26 Å². The van der Waals surface area contributed by atoms with Crippen LogP contribution >= 0.6 is 0 Å². The first kappa shape index (κ1) is 12.2. The SMILES string of the molecule is C=CCCOCCNC1CCCC1C#N. The van der Waals surface area contributed by atoms with Crippen LogP contribution in [-0.2, 0) is 4.74 Å². The Labute approximate surface area is 92.1 Å². The summed E-state index contributed by atoms with van der Waals surface area (Å²) in [6.07, 6.45) is 6.12. The predicted octanol–water partition coefficient (Wildman–Crippen LogP) is 1.86. The highest BCUT2D eigenvalue weighted by Crippen LogP contribution is 2.24. The normalized spacial score (nSPS) is 25.0. The number of nitrogens with one attached hydrogen (secondary N) is 1. The number of hydrogen-bond acceptors (Lipinski definition) is 3. The summed E-state index contributed by atoms with van der Waals surface area (Å²) in [5.74, 6) is 0.207. The molecule has 0 bridgehead atoms. The summed E-state index contributed by atoms with van der Waals surface area (Å²) < 4.78 is 5.39. The van der Waals surface area contributed by atoms with Crippen molar-refractivity contribution in [2.45, 2.75) is 31.7 Å². The van der Waals surface area contributed by atoms with Gasteiger partial charge in [0.15, 0.2) is 0 Å². The Hall–Kier alpha value is -0.850. The number of ether oxygens (including phenoxy) is 1. The van der Waals surface area contributed by atoms with Gasteiger partial charge in [0.05, 0.1) is 25.2 Å². The van der Waals surface area contributed by atoms with Crippen molar-refractivity contribution in [2.75, 3.05) is 19.8 Å². The fraction of sp³-hybridized carbons (Fsp3) is 0.750. The number of nitrogens with zero attached hydrogens (tertiary/aromatic N) is 1. The van der Waals surface area contributed by atoms with E-state index in [2.05, 4.69) is 18.0 Å². The molecule has 0 aromatic carbocycles. The Bertz CT molecular complexity index is 222. The Morgan fingerprint density at radius 1 is 1.47 bits per heavy atom. The highest BCUT2D eigenvalue weighted by molar-refractivity contribution is 4.96. The molecule has 1 fully saturated rings. The van der Waals surface area contributed by atoms with E-state index in [0.29, 0.717) is 6.04 Å². The van der Waals surface area contributed by atoms with E-state index in [0.717, 1.165) is 39.0 Å². The van der Waals surface area contributed by atoms with Gasteiger partial charge in [0, 0.05) is 12.6 Å². The molecule has 0 aromatic heterocycles. The zero-order chi connectivity index (χ0) is 10.9. The summed E-state index contributed by atoms with van der Waals surface area (Å²) in [6, 6.07) is 2.75.